The second kappa shape index (κ2) is 20.6. The number of methoxy groups -OCH3 is 2. The number of nitrogens with one attached hydrogen (secondary N) is 3. The standard InChI is InChI=1S/C37H64N6O6/c1-12-25(6)33(42(9)37(47)32(24(4)5)41-36(46)31(38-8)23(2)3)29(48-10)22-30(44)43-21-15-17-28(43)34(49-11)26(7)35(45)40-20-18-27-16-13-14-19-39-27/h13-14,16,19,23-26,28-29,31-34,38H,12,15,17-18,20-22H2,1-11H3,(H,40,45)(H,41,46)/t25-,26+,28?,29+,31?,32?,33-,34+/m0/s1. The second-order valence-corrected chi connectivity index (χ2v) is 14.2. The highest BCUT2D eigenvalue weighted by atomic mass is 16.5. The lowest BCUT2D eigenvalue weighted by atomic mass is 9.89. The number of carbonyl (C=O) groups excluding carboxylic acids is 4. The van der Waals surface area contributed by atoms with Crippen LogP contribution in [0.15, 0.2) is 24.4 Å². The Bertz CT molecular complexity index is 1180. The fraction of sp³-hybridized carbons (Fsp3) is 0.757. The highest BCUT2D eigenvalue weighted by molar-refractivity contribution is 5.90. The molecule has 12 heteroatoms. The molecule has 0 aromatic carbocycles. The molecule has 2 rings (SSSR count). The van der Waals surface area contributed by atoms with Crippen molar-refractivity contribution in [3.63, 3.8) is 0 Å². The first-order valence-electron chi connectivity index (χ1n) is 18.0. The fourth-order valence-corrected chi connectivity index (χ4v) is 7.07. The maximum atomic E-state index is 14.1. The SMILES string of the molecule is CC[C@H](C)[C@@H]([C@@H](CC(=O)N1CCCC1[C@H](OC)[C@@H](C)C(=O)NCCc1ccccn1)OC)N(C)C(=O)C(NC(=O)C(NC)C(C)C)C(C)C. The first kappa shape index (κ1) is 42.1. The average molecular weight is 689 g/mol. The number of ether oxygens (including phenoxy) is 2. The van der Waals surface area contributed by atoms with Gasteiger partial charge in [-0.25, -0.2) is 0 Å². The summed E-state index contributed by atoms with van der Waals surface area (Å²) in [5.41, 5.74) is 0.903. The summed E-state index contributed by atoms with van der Waals surface area (Å²) in [6, 6.07) is 3.85. The minimum Gasteiger partial charge on any atom is -0.379 e. The Morgan fingerprint density at radius 1 is 1.00 bits per heavy atom. The minimum atomic E-state index is -0.742. The van der Waals surface area contributed by atoms with Gasteiger partial charge in [0.2, 0.25) is 23.6 Å². The first-order chi connectivity index (χ1) is 23.2. The Morgan fingerprint density at radius 3 is 2.20 bits per heavy atom. The maximum Gasteiger partial charge on any atom is 0.245 e. The minimum absolute atomic E-state index is 0.00633. The van der Waals surface area contributed by atoms with Crippen LogP contribution in [0.25, 0.3) is 0 Å². The van der Waals surface area contributed by atoms with Crippen molar-refractivity contribution in [1.29, 1.82) is 0 Å². The Kier molecular flexibility index (Phi) is 17.6. The van der Waals surface area contributed by atoms with Crippen LogP contribution in [0.3, 0.4) is 0 Å². The van der Waals surface area contributed by atoms with Crippen molar-refractivity contribution in [1.82, 2.24) is 30.7 Å². The predicted octanol–water partition coefficient (Wildman–Crippen LogP) is 3.05. The highest BCUT2D eigenvalue weighted by Gasteiger charge is 2.43. The van der Waals surface area contributed by atoms with Crippen molar-refractivity contribution in [3.05, 3.63) is 30.1 Å². The molecular formula is C37H64N6O6. The third kappa shape index (κ3) is 11.5. The summed E-state index contributed by atoms with van der Waals surface area (Å²) in [5, 5.41) is 9.05. The number of hydrogen-bond donors (Lipinski definition) is 3. The second-order valence-electron chi connectivity index (χ2n) is 14.2. The largest absolute Gasteiger partial charge is 0.379 e. The number of rotatable bonds is 20. The summed E-state index contributed by atoms with van der Waals surface area (Å²) in [5.74, 6) is -1.26. The van der Waals surface area contributed by atoms with Crippen molar-refractivity contribution < 1.29 is 28.7 Å². The molecule has 0 spiro atoms. The van der Waals surface area contributed by atoms with Gasteiger partial charge in [0.15, 0.2) is 0 Å². The van der Waals surface area contributed by atoms with Gasteiger partial charge >= 0.3 is 0 Å². The third-order valence-corrected chi connectivity index (χ3v) is 10.2. The molecule has 0 radical (unpaired) electrons. The Hall–Kier alpha value is -3.09. The van der Waals surface area contributed by atoms with Gasteiger partial charge in [0, 0.05) is 52.7 Å². The van der Waals surface area contributed by atoms with Gasteiger partial charge < -0.3 is 35.2 Å². The van der Waals surface area contributed by atoms with E-state index in [1.807, 2.05) is 57.7 Å². The molecule has 1 aliphatic heterocycles. The molecule has 1 aromatic heterocycles. The molecular weight excluding hydrogens is 624 g/mol. The lowest BCUT2D eigenvalue weighted by Gasteiger charge is -2.41. The van der Waals surface area contributed by atoms with Gasteiger partial charge in [-0.05, 0) is 49.8 Å². The molecule has 3 N–H and O–H groups in total. The van der Waals surface area contributed by atoms with E-state index < -0.39 is 36.3 Å². The van der Waals surface area contributed by atoms with E-state index in [0.717, 1.165) is 25.0 Å². The summed E-state index contributed by atoms with van der Waals surface area (Å²) in [4.78, 5) is 62.3. The van der Waals surface area contributed by atoms with Gasteiger partial charge in [-0.15, -0.1) is 0 Å². The van der Waals surface area contributed by atoms with Crippen LogP contribution in [0.5, 0.6) is 0 Å². The van der Waals surface area contributed by atoms with E-state index in [1.54, 1.807) is 39.4 Å². The highest BCUT2D eigenvalue weighted by Crippen LogP contribution is 2.29. The predicted molar refractivity (Wildman–Crippen MR) is 192 cm³/mol. The molecule has 12 nitrogen and oxygen atoms in total. The maximum absolute atomic E-state index is 14.1. The molecule has 278 valence electrons. The number of pyridine rings is 1. The number of hydrogen-bond acceptors (Lipinski definition) is 8. The van der Waals surface area contributed by atoms with Crippen LogP contribution in [0.1, 0.15) is 79.8 Å². The van der Waals surface area contributed by atoms with Crippen LogP contribution >= 0.6 is 0 Å². The van der Waals surface area contributed by atoms with Gasteiger partial charge in [0.05, 0.1) is 42.7 Å². The van der Waals surface area contributed by atoms with Gasteiger partial charge in [0.25, 0.3) is 0 Å². The zero-order valence-corrected chi connectivity index (χ0v) is 31.8. The molecule has 1 saturated heterocycles. The smallest absolute Gasteiger partial charge is 0.245 e. The Balaban J connectivity index is 2.20. The molecule has 2 heterocycles. The van der Waals surface area contributed by atoms with E-state index in [1.165, 1.54) is 0 Å². The van der Waals surface area contributed by atoms with E-state index in [9.17, 15) is 19.2 Å². The Morgan fingerprint density at radius 2 is 1.67 bits per heavy atom. The average Bonchev–Trinajstić information content (AvgIpc) is 3.56. The van der Waals surface area contributed by atoms with Gasteiger partial charge in [0.1, 0.15) is 6.04 Å². The quantitative estimate of drug-likeness (QED) is 0.190. The topological polar surface area (TPSA) is 142 Å². The number of carbonyl (C=O) groups is 4. The zero-order chi connectivity index (χ0) is 36.8. The molecule has 49 heavy (non-hydrogen) atoms. The van der Waals surface area contributed by atoms with Gasteiger partial charge in [-0.1, -0.05) is 61.0 Å². The number of nitrogens with zero attached hydrogens (tertiary/aromatic N) is 3. The van der Waals surface area contributed by atoms with Crippen molar-refractivity contribution in [3.8, 4) is 0 Å². The zero-order valence-electron chi connectivity index (χ0n) is 31.8. The van der Waals surface area contributed by atoms with Crippen LogP contribution < -0.4 is 16.0 Å². The molecule has 0 bridgehead atoms. The third-order valence-electron chi connectivity index (χ3n) is 10.2. The van der Waals surface area contributed by atoms with E-state index in [0.29, 0.717) is 19.5 Å². The molecule has 1 aliphatic rings. The summed E-state index contributed by atoms with van der Waals surface area (Å²) >= 11 is 0. The molecule has 3 unspecified atom stereocenters. The van der Waals surface area contributed by atoms with E-state index in [-0.39, 0.29) is 53.8 Å². The normalized spacial score (nSPS) is 19.1. The van der Waals surface area contributed by atoms with Gasteiger partial charge in [-0.3, -0.25) is 24.2 Å². The molecule has 1 fully saturated rings. The van der Waals surface area contributed by atoms with Gasteiger partial charge in [-0.2, -0.15) is 0 Å². The lowest BCUT2D eigenvalue weighted by molar-refractivity contribution is -0.147. The number of likely N-dealkylation sites (tertiary alicyclic amines) is 1. The van der Waals surface area contributed by atoms with Crippen molar-refractivity contribution in [2.24, 2.45) is 23.7 Å². The molecule has 1 aromatic rings. The summed E-state index contributed by atoms with van der Waals surface area (Å²) in [7, 11) is 6.64. The molecule has 0 aliphatic carbocycles. The van der Waals surface area contributed by atoms with Crippen LogP contribution in [0.2, 0.25) is 0 Å². The Labute approximate surface area is 294 Å². The molecule has 8 atom stereocenters. The molecule has 4 amide bonds. The van der Waals surface area contributed by atoms with Crippen LogP contribution in [-0.4, -0.2) is 116 Å². The number of aromatic nitrogens is 1. The van der Waals surface area contributed by atoms with Crippen LogP contribution in [-0.2, 0) is 35.1 Å². The fourth-order valence-electron chi connectivity index (χ4n) is 7.07. The van der Waals surface area contributed by atoms with Crippen molar-refractivity contribution in [2.75, 3.05) is 41.4 Å². The monoisotopic (exact) mass is 688 g/mol. The van der Waals surface area contributed by atoms with Crippen molar-refractivity contribution in [2.45, 2.75) is 117 Å². The molecule has 0 saturated carbocycles. The first-order valence-corrected chi connectivity index (χ1v) is 18.0. The lowest BCUT2D eigenvalue weighted by Crippen LogP contribution is -2.59. The van der Waals surface area contributed by atoms with E-state index in [2.05, 4.69) is 34.8 Å². The summed E-state index contributed by atoms with van der Waals surface area (Å²) in [6.07, 6.45) is 3.63. The van der Waals surface area contributed by atoms with E-state index >= 15 is 0 Å². The van der Waals surface area contributed by atoms with Crippen LogP contribution in [0.4, 0.5) is 0 Å². The summed E-state index contributed by atoms with van der Waals surface area (Å²) in [6.45, 7) is 14.7. The van der Waals surface area contributed by atoms with Crippen LogP contribution in [0, 0.1) is 23.7 Å². The number of amides is 4. The number of likely N-dealkylation sites (N-methyl/N-ethyl adjacent to an activating group) is 2. The van der Waals surface area contributed by atoms with Crippen molar-refractivity contribution >= 4 is 23.6 Å². The summed E-state index contributed by atoms with van der Waals surface area (Å²) < 4.78 is 11.9. The van der Waals surface area contributed by atoms with E-state index in [4.69, 9.17) is 9.47 Å².